The highest BCUT2D eigenvalue weighted by Gasteiger charge is 2.22. The maximum Gasteiger partial charge on any atom is 0.231 e. The number of rotatable bonds is 3. The molecule has 2 aliphatic rings. The molecule has 0 aromatic heterocycles. The van der Waals surface area contributed by atoms with Crippen LogP contribution in [0.2, 0.25) is 0 Å². The van der Waals surface area contributed by atoms with Crippen molar-refractivity contribution in [2.75, 3.05) is 33.0 Å². The molecule has 6 heteroatoms. The summed E-state index contributed by atoms with van der Waals surface area (Å²) in [4.78, 5) is 2.55. The first-order valence-corrected chi connectivity index (χ1v) is 6.73. The first kappa shape index (κ1) is 17.4. The highest BCUT2D eigenvalue weighted by atomic mass is 35.5. The van der Waals surface area contributed by atoms with Crippen molar-refractivity contribution in [2.24, 2.45) is 0 Å². The fourth-order valence-corrected chi connectivity index (χ4v) is 2.82. The fraction of sp³-hybridized carbons (Fsp3) is 0.571. The number of hydrogen-bond donors (Lipinski definition) is 1. The molecule has 0 unspecified atom stereocenters. The van der Waals surface area contributed by atoms with Crippen molar-refractivity contribution in [1.82, 2.24) is 10.2 Å². The third kappa shape index (κ3) is 3.50. The van der Waals surface area contributed by atoms with Crippen LogP contribution in [-0.4, -0.2) is 37.9 Å². The summed E-state index contributed by atoms with van der Waals surface area (Å²) >= 11 is 0. The van der Waals surface area contributed by atoms with Gasteiger partial charge in [-0.25, -0.2) is 0 Å². The van der Waals surface area contributed by atoms with Crippen LogP contribution in [0.4, 0.5) is 0 Å². The van der Waals surface area contributed by atoms with Crippen LogP contribution in [0.5, 0.6) is 11.5 Å². The lowest BCUT2D eigenvalue weighted by molar-refractivity contribution is 0.168. The van der Waals surface area contributed by atoms with Crippen molar-refractivity contribution in [3.8, 4) is 11.5 Å². The molecule has 0 spiro atoms. The molecule has 3 rings (SSSR count). The van der Waals surface area contributed by atoms with Gasteiger partial charge in [0, 0.05) is 32.2 Å². The van der Waals surface area contributed by atoms with E-state index in [9.17, 15) is 0 Å². The van der Waals surface area contributed by atoms with E-state index in [1.165, 1.54) is 5.56 Å². The Balaban J connectivity index is 0.000001000. The molecule has 2 aliphatic heterocycles. The van der Waals surface area contributed by atoms with Crippen molar-refractivity contribution in [3.63, 3.8) is 0 Å². The fourth-order valence-electron chi connectivity index (χ4n) is 2.82. The predicted octanol–water partition coefficient (Wildman–Crippen LogP) is 2.62. The van der Waals surface area contributed by atoms with Gasteiger partial charge in [0.15, 0.2) is 11.5 Å². The van der Waals surface area contributed by atoms with Gasteiger partial charge >= 0.3 is 0 Å². The van der Waals surface area contributed by atoms with Crippen LogP contribution in [-0.2, 0) is 0 Å². The summed E-state index contributed by atoms with van der Waals surface area (Å²) in [6.07, 6.45) is 1.12. The van der Waals surface area contributed by atoms with Gasteiger partial charge < -0.3 is 14.8 Å². The van der Waals surface area contributed by atoms with Gasteiger partial charge in [-0.2, -0.15) is 0 Å². The second kappa shape index (κ2) is 7.93. The Kier molecular flexibility index (Phi) is 6.89. The molecule has 1 N–H and O–H groups in total. The van der Waals surface area contributed by atoms with Gasteiger partial charge in [0.2, 0.25) is 6.79 Å². The minimum absolute atomic E-state index is 0. The minimum Gasteiger partial charge on any atom is -0.454 e. The molecule has 4 nitrogen and oxygen atoms in total. The smallest absolute Gasteiger partial charge is 0.231 e. The Hall–Kier alpha value is -0.680. The Labute approximate surface area is 132 Å². The van der Waals surface area contributed by atoms with Gasteiger partial charge in [-0.05, 0) is 24.1 Å². The van der Waals surface area contributed by atoms with Crippen LogP contribution in [0.15, 0.2) is 18.2 Å². The summed E-state index contributed by atoms with van der Waals surface area (Å²) in [5.74, 6) is 1.76. The summed E-state index contributed by atoms with van der Waals surface area (Å²) in [6, 6.07) is 6.83. The van der Waals surface area contributed by atoms with Gasteiger partial charge in [-0.1, -0.05) is 13.0 Å². The van der Waals surface area contributed by atoms with Gasteiger partial charge in [0.05, 0.1) is 0 Å². The molecule has 0 amide bonds. The zero-order valence-corrected chi connectivity index (χ0v) is 13.3. The Morgan fingerprint density at radius 3 is 2.55 bits per heavy atom. The Bertz CT molecular complexity index is 426. The normalized spacial score (nSPS) is 18.9. The van der Waals surface area contributed by atoms with Crippen molar-refractivity contribution >= 4 is 24.8 Å². The summed E-state index contributed by atoms with van der Waals surface area (Å²) in [5, 5.41) is 3.40. The van der Waals surface area contributed by atoms with Gasteiger partial charge in [0.25, 0.3) is 0 Å². The average Bonchev–Trinajstić information content (AvgIpc) is 2.88. The number of nitrogens with one attached hydrogen (secondary N) is 1. The number of nitrogens with zero attached hydrogens (tertiary/aromatic N) is 1. The lowest BCUT2D eigenvalue weighted by Gasteiger charge is -2.34. The molecule has 0 saturated carbocycles. The monoisotopic (exact) mass is 320 g/mol. The van der Waals surface area contributed by atoms with Crippen LogP contribution in [0.25, 0.3) is 0 Å². The van der Waals surface area contributed by atoms with Gasteiger partial charge in [-0.15, -0.1) is 24.8 Å². The highest BCUT2D eigenvalue weighted by Crippen LogP contribution is 2.36. The topological polar surface area (TPSA) is 33.7 Å². The van der Waals surface area contributed by atoms with Crippen molar-refractivity contribution < 1.29 is 9.47 Å². The number of halogens is 2. The maximum absolute atomic E-state index is 5.47. The number of ether oxygens (including phenoxy) is 2. The molecule has 1 aromatic rings. The summed E-state index contributed by atoms with van der Waals surface area (Å²) in [5.41, 5.74) is 1.34. The molecular formula is C14H22Cl2N2O2. The van der Waals surface area contributed by atoms with E-state index >= 15 is 0 Å². The van der Waals surface area contributed by atoms with E-state index in [1.54, 1.807) is 0 Å². The molecule has 0 radical (unpaired) electrons. The SMILES string of the molecule is CC[C@H](c1ccc2c(c1)OCO2)N1CCNCC1.Cl.Cl. The predicted molar refractivity (Wildman–Crippen MR) is 84.5 cm³/mol. The molecule has 2 heterocycles. The van der Waals surface area contributed by atoms with Crippen LogP contribution >= 0.6 is 24.8 Å². The van der Waals surface area contributed by atoms with Crippen molar-refractivity contribution in [1.29, 1.82) is 0 Å². The Morgan fingerprint density at radius 2 is 1.85 bits per heavy atom. The summed E-state index contributed by atoms with van der Waals surface area (Å²) in [6.45, 7) is 7.00. The second-order valence-electron chi connectivity index (χ2n) is 4.82. The number of piperazine rings is 1. The van der Waals surface area contributed by atoms with Crippen LogP contribution in [0.1, 0.15) is 24.9 Å². The largest absolute Gasteiger partial charge is 0.454 e. The van der Waals surface area contributed by atoms with E-state index in [0.29, 0.717) is 12.8 Å². The van der Waals surface area contributed by atoms with E-state index in [2.05, 4.69) is 29.3 Å². The molecule has 0 aliphatic carbocycles. The first-order chi connectivity index (χ1) is 8.88. The van der Waals surface area contributed by atoms with Crippen LogP contribution in [0.3, 0.4) is 0 Å². The summed E-state index contributed by atoms with van der Waals surface area (Å²) in [7, 11) is 0. The molecule has 0 bridgehead atoms. The molecular weight excluding hydrogens is 299 g/mol. The second-order valence-corrected chi connectivity index (χ2v) is 4.82. The number of benzene rings is 1. The zero-order chi connectivity index (χ0) is 12.4. The van der Waals surface area contributed by atoms with E-state index in [0.717, 1.165) is 44.1 Å². The molecule has 1 saturated heterocycles. The molecule has 1 atom stereocenters. The van der Waals surface area contributed by atoms with E-state index in [-0.39, 0.29) is 24.8 Å². The van der Waals surface area contributed by atoms with E-state index in [1.807, 2.05) is 6.07 Å². The highest BCUT2D eigenvalue weighted by molar-refractivity contribution is 5.85. The molecule has 1 aromatic carbocycles. The van der Waals surface area contributed by atoms with E-state index < -0.39 is 0 Å². The van der Waals surface area contributed by atoms with Crippen molar-refractivity contribution in [3.05, 3.63) is 23.8 Å². The van der Waals surface area contributed by atoms with Gasteiger partial charge in [-0.3, -0.25) is 4.90 Å². The molecule has 114 valence electrons. The number of hydrogen-bond acceptors (Lipinski definition) is 4. The standard InChI is InChI=1S/C14H20N2O2.2ClH/c1-2-12(16-7-5-15-6-8-16)11-3-4-13-14(9-11)18-10-17-13;;/h3-4,9,12,15H,2,5-8,10H2,1H3;2*1H/t12-;;/m1../s1. The average molecular weight is 321 g/mol. The molecule has 20 heavy (non-hydrogen) atoms. The summed E-state index contributed by atoms with van der Waals surface area (Å²) < 4.78 is 10.8. The lowest BCUT2D eigenvalue weighted by Crippen LogP contribution is -2.45. The first-order valence-electron chi connectivity index (χ1n) is 6.73. The van der Waals surface area contributed by atoms with Crippen LogP contribution in [0, 0.1) is 0 Å². The van der Waals surface area contributed by atoms with Gasteiger partial charge in [0.1, 0.15) is 0 Å². The zero-order valence-electron chi connectivity index (χ0n) is 11.6. The molecule has 1 fully saturated rings. The quantitative estimate of drug-likeness (QED) is 0.928. The minimum atomic E-state index is 0. The number of fused-ring (bicyclic) bond motifs is 1. The third-order valence-electron chi connectivity index (χ3n) is 3.76. The third-order valence-corrected chi connectivity index (χ3v) is 3.76. The van der Waals surface area contributed by atoms with Crippen LogP contribution < -0.4 is 14.8 Å². The lowest BCUT2D eigenvalue weighted by atomic mass is 10.0. The maximum atomic E-state index is 5.47. The van der Waals surface area contributed by atoms with E-state index in [4.69, 9.17) is 9.47 Å². The van der Waals surface area contributed by atoms with Crippen molar-refractivity contribution in [2.45, 2.75) is 19.4 Å². The Morgan fingerprint density at radius 1 is 1.15 bits per heavy atom.